The molecule has 33 heavy (non-hydrogen) atoms. The minimum atomic E-state index is -3.55. The van der Waals surface area contributed by atoms with E-state index in [-0.39, 0.29) is 18.0 Å². The zero-order valence-electron chi connectivity index (χ0n) is 19.9. The van der Waals surface area contributed by atoms with Gasteiger partial charge in [-0.15, -0.1) is 0 Å². The van der Waals surface area contributed by atoms with Gasteiger partial charge in [0.25, 0.3) is 0 Å². The van der Waals surface area contributed by atoms with Gasteiger partial charge in [-0.25, -0.2) is 13.1 Å². The molecule has 2 N–H and O–H groups in total. The summed E-state index contributed by atoms with van der Waals surface area (Å²) in [5.74, 6) is 0.517. The predicted molar refractivity (Wildman–Crippen MR) is 137 cm³/mol. The third kappa shape index (κ3) is 5.48. The highest BCUT2D eigenvalue weighted by molar-refractivity contribution is 7.93. The molecule has 1 heterocycles. The van der Waals surface area contributed by atoms with Crippen LogP contribution in [0.25, 0.3) is 0 Å². The van der Waals surface area contributed by atoms with Gasteiger partial charge in [0, 0.05) is 18.0 Å². The number of nitrogens with one attached hydrogen (secondary N) is 2. The van der Waals surface area contributed by atoms with Crippen LogP contribution in [0.2, 0.25) is 0 Å². The van der Waals surface area contributed by atoms with Crippen LogP contribution in [0.1, 0.15) is 61.8 Å². The van der Waals surface area contributed by atoms with Gasteiger partial charge in [-0.2, -0.15) is 0 Å². The van der Waals surface area contributed by atoms with E-state index >= 15 is 0 Å². The summed E-state index contributed by atoms with van der Waals surface area (Å²) in [5.41, 5.74) is 5.55. The van der Waals surface area contributed by atoms with Crippen LogP contribution in [-0.4, -0.2) is 27.0 Å². The first-order chi connectivity index (χ1) is 15.9. The van der Waals surface area contributed by atoms with E-state index in [9.17, 15) is 8.42 Å². The summed E-state index contributed by atoms with van der Waals surface area (Å²) in [5, 5.41) is 3.73. The van der Waals surface area contributed by atoms with Gasteiger partial charge in [-0.3, -0.25) is 0 Å². The molecule has 0 radical (unpaired) electrons. The van der Waals surface area contributed by atoms with Gasteiger partial charge >= 0.3 is 0 Å². The molecule has 176 valence electrons. The number of sulfonamides is 1. The van der Waals surface area contributed by atoms with E-state index in [4.69, 9.17) is 0 Å². The van der Waals surface area contributed by atoms with Crippen molar-refractivity contribution >= 4 is 10.0 Å². The number of hydrogen-bond acceptors (Lipinski definition) is 3. The van der Waals surface area contributed by atoms with E-state index in [1.165, 1.54) is 22.3 Å². The van der Waals surface area contributed by atoms with Gasteiger partial charge in [0.2, 0.25) is 10.0 Å². The summed E-state index contributed by atoms with van der Waals surface area (Å²) in [7, 11) is -3.55. The Morgan fingerprint density at radius 1 is 1.03 bits per heavy atom. The van der Waals surface area contributed by atoms with Crippen LogP contribution in [0, 0.1) is 5.92 Å². The fourth-order valence-electron chi connectivity index (χ4n) is 5.23. The zero-order chi connectivity index (χ0) is 23.4. The lowest BCUT2D eigenvalue weighted by Gasteiger charge is -2.37. The number of fused-ring (bicyclic) bond motifs is 2. The highest BCUT2D eigenvalue weighted by Crippen LogP contribution is 2.38. The van der Waals surface area contributed by atoms with Crippen LogP contribution in [0.5, 0.6) is 0 Å². The van der Waals surface area contributed by atoms with Crippen LogP contribution in [0.15, 0.2) is 71.7 Å². The van der Waals surface area contributed by atoms with Crippen molar-refractivity contribution in [3.63, 3.8) is 0 Å². The first-order valence-electron chi connectivity index (χ1n) is 12.1. The molecule has 2 aromatic rings. The molecule has 5 heteroatoms. The summed E-state index contributed by atoms with van der Waals surface area (Å²) >= 11 is 0. The minimum Gasteiger partial charge on any atom is -0.313 e. The van der Waals surface area contributed by atoms with Crippen LogP contribution in [-0.2, 0) is 22.9 Å². The van der Waals surface area contributed by atoms with Crippen molar-refractivity contribution in [3.05, 3.63) is 93.9 Å². The molecule has 2 atom stereocenters. The summed E-state index contributed by atoms with van der Waals surface area (Å²) in [6.07, 6.45) is 8.97. The molecule has 4 nitrogen and oxygen atoms in total. The second-order valence-corrected chi connectivity index (χ2v) is 11.3. The molecule has 1 saturated heterocycles. The Kier molecular flexibility index (Phi) is 7.52. The zero-order valence-corrected chi connectivity index (χ0v) is 20.7. The molecule has 4 rings (SSSR count). The first-order valence-corrected chi connectivity index (χ1v) is 13.6. The quantitative estimate of drug-likeness (QED) is 0.587. The normalized spacial score (nSPS) is 22.2. The van der Waals surface area contributed by atoms with Crippen LogP contribution in [0.4, 0.5) is 0 Å². The van der Waals surface area contributed by atoms with E-state index in [0.29, 0.717) is 10.8 Å². The molecule has 1 aliphatic heterocycles. The molecule has 2 aromatic carbocycles. The highest BCUT2D eigenvalue weighted by Gasteiger charge is 2.35. The Balaban J connectivity index is 1.61. The maximum absolute atomic E-state index is 13.1. The van der Waals surface area contributed by atoms with Crippen molar-refractivity contribution in [2.75, 3.05) is 6.54 Å². The summed E-state index contributed by atoms with van der Waals surface area (Å²) in [6.45, 7) is 6.67. The molecule has 1 aliphatic carbocycles. The summed E-state index contributed by atoms with van der Waals surface area (Å²) in [6, 6.07) is 17.6. The van der Waals surface area contributed by atoms with E-state index in [1.54, 1.807) is 19.1 Å². The van der Waals surface area contributed by atoms with Crippen LogP contribution >= 0.6 is 0 Å². The van der Waals surface area contributed by atoms with Gasteiger partial charge in [0.15, 0.2) is 0 Å². The fraction of sp³-hybridized carbons (Fsp3) is 0.429. The average Bonchev–Trinajstić information content (AvgIpc) is 2.96. The monoisotopic (exact) mass is 464 g/mol. The lowest BCUT2D eigenvalue weighted by Crippen LogP contribution is -2.50. The molecule has 0 bridgehead atoms. The Bertz CT molecular complexity index is 1090. The van der Waals surface area contributed by atoms with E-state index in [0.717, 1.165) is 32.2 Å². The molecule has 0 amide bonds. The maximum atomic E-state index is 13.1. The fourth-order valence-corrected chi connectivity index (χ4v) is 6.59. The summed E-state index contributed by atoms with van der Waals surface area (Å²) in [4.78, 5) is 0.344. The molecule has 2 aliphatic rings. The molecular weight excluding hydrogens is 428 g/mol. The van der Waals surface area contributed by atoms with Crippen LogP contribution in [0.3, 0.4) is 0 Å². The molecule has 2 unspecified atom stereocenters. The molecular formula is C28H36N2O2S. The lowest BCUT2D eigenvalue weighted by molar-refractivity contribution is 0.324. The van der Waals surface area contributed by atoms with Gasteiger partial charge in [-0.05, 0) is 73.4 Å². The molecule has 0 spiro atoms. The number of piperidine rings is 1. The second kappa shape index (κ2) is 10.4. The van der Waals surface area contributed by atoms with Crippen molar-refractivity contribution in [1.82, 2.24) is 10.0 Å². The van der Waals surface area contributed by atoms with E-state index < -0.39 is 10.0 Å². The third-order valence-electron chi connectivity index (χ3n) is 6.85. The van der Waals surface area contributed by atoms with Crippen molar-refractivity contribution in [1.29, 1.82) is 0 Å². The Morgan fingerprint density at radius 2 is 1.64 bits per heavy atom. The molecule has 1 fully saturated rings. The molecule has 0 aromatic heterocycles. The smallest absolute Gasteiger partial charge is 0.240 e. The van der Waals surface area contributed by atoms with Gasteiger partial charge in [0.05, 0.1) is 4.91 Å². The van der Waals surface area contributed by atoms with Crippen LogP contribution < -0.4 is 10.0 Å². The van der Waals surface area contributed by atoms with Gasteiger partial charge in [-0.1, -0.05) is 74.5 Å². The maximum Gasteiger partial charge on any atom is 0.240 e. The first kappa shape index (κ1) is 23.9. The average molecular weight is 465 g/mol. The predicted octanol–water partition coefficient (Wildman–Crippen LogP) is 5.07. The number of benzene rings is 2. The third-order valence-corrected chi connectivity index (χ3v) is 8.48. The number of hydrogen-bond donors (Lipinski definition) is 2. The van der Waals surface area contributed by atoms with Crippen molar-refractivity contribution in [2.45, 2.75) is 64.5 Å². The second-order valence-electron chi connectivity index (χ2n) is 9.57. The standard InChI is InChI=1S/C28H36N2O2S/c1-4-24(16-13-20(2)3)33(31,32)30-23-17-18-29-27(19-23)28-25-11-7-5-9-21(25)14-15-22-10-6-8-12-26(22)28/h4-13,16,20,23,27-30H,14-15,17-19H2,1-3H3/b16-13-,24-4+. The van der Waals surface area contributed by atoms with Gasteiger partial charge in [0.1, 0.15) is 0 Å². The van der Waals surface area contributed by atoms with Crippen molar-refractivity contribution in [3.8, 4) is 0 Å². The van der Waals surface area contributed by atoms with E-state index in [2.05, 4.69) is 58.6 Å². The Hall–Kier alpha value is -2.21. The van der Waals surface area contributed by atoms with Crippen molar-refractivity contribution in [2.24, 2.45) is 5.92 Å². The van der Waals surface area contributed by atoms with Crippen molar-refractivity contribution < 1.29 is 8.42 Å². The SMILES string of the molecule is C/C=C(\C=C/C(C)C)S(=O)(=O)NC1CCNC(C2c3ccccc3CCc3ccccc32)C1. The van der Waals surface area contributed by atoms with Gasteiger partial charge < -0.3 is 5.32 Å². The minimum absolute atomic E-state index is 0.0915. The highest BCUT2D eigenvalue weighted by atomic mass is 32.2. The molecule has 0 saturated carbocycles. The lowest BCUT2D eigenvalue weighted by atomic mass is 9.79. The Morgan fingerprint density at radius 3 is 2.21 bits per heavy atom. The topological polar surface area (TPSA) is 58.2 Å². The largest absolute Gasteiger partial charge is 0.313 e. The number of rotatable bonds is 6. The van der Waals surface area contributed by atoms with E-state index in [1.807, 2.05) is 19.9 Å². The summed E-state index contributed by atoms with van der Waals surface area (Å²) < 4.78 is 29.3. The number of allylic oxidation sites excluding steroid dienone is 3. The Labute approximate surface area is 199 Å². The number of aryl methyl sites for hydroxylation is 2.